The number of rotatable bonds is 8. The molecule has 2 aliphatic carbocycles. The minimum absolute atomic E-state index is 0.0509. The zero-order chi connectivity index (χ0) is 38.6. The minimum Gasteiger partial charge on any atom is -0.480 e. The van der Waals surface area contributed by atoms with Crippen molar-refractivity contribution in [3.8, 4) is 0 Å². The number of nitrogens with zero attached hydrogens (tertiary/aromatic N) is 1. The van der Waals surface area contributed by atoms with E-state index in [0.29, 0.717) is 25.9 Å². The van der Waals surface area contributed by atoms with Crippen LogP contribution in [0.4, 0.5) is 4.79 Å². The number of aliphatic carboxylic acids is 1. The number of esters is 3. The smallest absolute Gasteiger partial charge is 0.410 e. The third-order valence-corrected chi connectivity index (χ3v) is 10.1. The second-order valence-electron chi connectivity index (χ2n) is 17.1. The molecule has 2 aliphatic heterocycles. The number of amides is 1. The molecular formula is C41H54N2O10. The number of hydrogen-bond acceptors (Lipinski definition) is 10. The molecule has 12 heteroatoms. The highest BCUT2D eigenvalue weighted by Crippen LogP contribution is 2.55. The highest BCUT2D eigenvalue weighted by Gasteiger charge is 2.58. The largest absolute Gasteiger partial charge is 0.480 e. The second kappa shape index (κ2) is 15.9. The summed E-state index contributed by atoms with van der Waals surface area (Å²) in [5.41, 5.74) is 0.321. The zero-order valence-electron chi connectivity index (χ0n) is 31.7. The number of carboxylic acid groups (broad SMARTS) is 1. The number of piperidine rings is 2. The molecule has 4 fully saturated rings. The van der Waals surface area contributed by atoms with Crippen molar-refractivity contribution in [1.29, 1.82) is 0 Å². The maximum atomic E-state index is 13.4. The number of carboxylic acids is 1. The van der Waals surface area contributed by atoms with E-state index in [-0.39, 0.29) is 24.0 Å². The summed E-state index contributed by atoms with van der Waals surface area (Å²) >= 11 is 0. The molecule has 2 spiro atoms. The molecule has 2 aromatic rings. The Morgan fingerprint density at radius 1 is 0.698 bits per heavy atom. The van der Waals surface area contributed by atoms with Gasteiger partial charge in [-0.1, -0.05) is 60.7 Å². The van der Waals surface area contributed by atoms with Gasteiger partial charge in [0.1, 0.15) is 36.5 Å². The molecule has 53 heavy (non-hydrogen) atoms. The van der Waals surface area contributed by atoms with Crippen molar-refractivity contribution in [2.45, 2.75) is 117 Å². The lowest BCUT2D eigenvalue weighted by Crippen LogP contribution is -2.58. The summed E-state index contributed by atoms with van der Waals surface area (Å²) in [5.74, 6) is -3.88. The molecule has 2 saturated heterocycles. The summed E-state index contributed by atoms with van der Waals surface area (Å²) in [6.45, 7) is 11.9. The van der Waals surface area contributed by atoms with Crippen LogP contribution in [0.5, 0.6) is 0 Å². The van der Waals surface area contributed by atoms with E-state index in [9.17, 15) is 29.1 Å². The second-order valence-corrected chi connectivity index (χ2v) is 17.1. The van der Waals surface area contributed by atoms with Crippen molar-refractivity contribution >= 4 is 30.0 Å². The zero-order valence-corrected chi connectivity index (χ0v) is 31.7. The highest BCUT2D eigenvalue weighted by atomic mass is 16.6. The SMILES string of the molecule is CC(C)(C)OC(=O)[C@H]1CC2(CC2)CN(C(=O)OCc2ccccc2)[C@@H]1C(=O)OCc1ccccc1.CC(C)(C)OC(=O)[C@H]1CC2(CC2)CN[C@@H]1C(=O)O. The Hall–Kier alpha value is -4.45. The average molecular weight is 735 g/mol. The predicted octanol–water partition coefficient (Wildman–Crippen LogP) is 6.05. The molecule has 1 amide bonds. The van der Waals surface area contributed by atoms with E-state index in [2.05, 4.69) is 5.32 Å². The standard InChI is InChI=1S/C28H33NO6.C13H21NO4/c1-27(2,3)35-24(30)22-16-28(14-15-28)19-29(26(32)34-18-21-12-8-5-9-13-21)23(22)25(31)33-17-20-10-6-4-7-11-20;1-12(2,3)18-11(17)8-6-13(4-5-13)7-14-9(8)10(15)16/h4-13,22-23H,14-19H2,1-3H3;8-9,14H,4-7H2,1-3H3,(H,15,16)/t22-,23-;8-,9-/m00/s1. The maximum Gasteiger partial charge on any atom is 0.410 e. The van der Waals surface area contributed by atoms with E-state index in [1.54, 1.807) is 41.5 Å². The first-order valence-electron chi connectivity index (χ1n) is 18.5. The van der Waals surface area contributed by atoms with Crippen molar-refractivity contribution in [2.24, 2.45) is 22.7 Å². The first kappa shape index (κ1) is 39.8. The van der Waals surface area contributed by atoms with Gasteiger partial charge in [-0.3, -0.25) is 19.3 Å². The van der Waals surface area contributed by atoms with E-state index >= 15 is 0 Å². The number of benzene rings is 2. The van der Waals surface area contributed by atoms with Gasteiger partial charge in [-0.25, -0.2) is 9.59 Å². The van der Waals surface area contributed by atoms with Crippen LogP contribution in [0.2, 0.25) is 0 Å². The number of ether oxygens (including phenoxy) is 4. The van der Waals surface area contributed by atoms with E-state index in [0.717, 1.165) is 36.8 Å². The maximum absolute atomic E-state index is 13.4. The Labute approximate surface area is 311 Å². The van der Waals surface area contributed by atoms with E-state index in [1.807, 2.05) is 60.7 Å². The van der Waals surface area contributed by atoms with Gasteiger partial charge in [-0.05, 0) is 102 Å². The van der Waals surface area contributed by atoms with Crippen molar-refractivity contribution < 1.29 is 48.0 Å². The number of carbonyl (C=O) groups excluding carboxylic acids is 4. The normalized spacial score (nSPS) is 23.8. The van der Waals surface area contributed by atoms with Crippen molar-refractivity contribution in [2.75, 3.05) is 13.1 Å². The molecule has 0 radical (unpaired) electrons. The van der Waals surface area contributed by atoms with Crippen molar-refractivity contribution in [1.82, 2.24) is 10.2 Å². The molecule has 4 aliphatic rings. The highest BCUT2D eigenvalue weighted by molar-refractivity contribution is 5.89. The van der Waals surface area contributed by atoms with Crippen LogP contribution in [0.25, 0.3) is 0 Å². The molecule has 2 saturated carbocycles. The van der Waals surface area contributed by atoms with E-state index in [1.165, 1.54) is 4.90 Å². The van der Waals surface area contributed by atoms with Crippen LogP contribution in [0, 0.1) is 22.7 Å². The van der Waals surface area contributed by atoms with Crippen LogP contribution in [-0.2, 0) is 51.3 Å². The fraction of sp³-hybridized carbons (Fsp3) is 0.585. The predicted molar refractivity (Wildman–Crippen MR) is 194 cm³/mol. The lowest BCUT2D eigenvalue weighted by Gasteiger charge is -2.42. The van der Waals surface area contributed by atoms with E-state index < -0.39 is 65.1 Å². The molecule has 12 nitrogen and oxygen atoms in total. The van der Waals surface area contributed by atoms with Crippen LogP contribution in [0.1, 0.15) is 91.2 Å². The summed E-state index contributed by atoms with van der Waals surface area (Å²) in [6.07, 6.45) is 4.41. The van der Waals surface area contributed by atoms with Crippen LogP contribution in [0.3, 0.4) is 0 Å². The average Bonchev–Trinajstić information content (AvgIpc) is 4.03. The number of carbonyl (C=O) groups is 5. The summed E-state index contributed by atoms with van der Waals surface area (Å²) < 4.78 is 22.2. The fourth-order valence-electron chi connectivity index (χ4n) is 7.07. The van der Waals surface area contributed by atoms with Gasteiger partial charge in [0.2, 0.25) is 0 Å². The molecule has 4 atom stereocenters. The van der Waals surface area contributed by atoms with Gasteiger partial charge in [0.05, 0.1) is 11.8 Å². The van der Waals surface area contributed by atoms with Gasteiger partial charge >= 0.3 is 30.0 Å². The third-order valence-electron chi connectivity index (χ3n) is 10.1. The van der Waals surface area contributed by atoms with Crippen LogP contribution in [0.15, 0.2) is 60.7 Å². The summed E-state index contributed by atoms with van der Waals surface area (Å²) in [4.78, 5) is 64.6. The number of likely N-dealkylation sites (tertiary alicyclic amines) is 1. The van der Waals surface area contributed by atoms with E-state index in [4.69, 9.17) is 18.9 Å². The molecule has 0 aromatic heterocycles. The third kappa shape index (κ3) is 11.0. The summed E-state index contributed by atoms with van der Waals surface area (Å²) in [6, 6.07) is 16.7. The van der Waals surface area contributed by atoms with Crippen molar-refractivity contribution in [3.63, 3.8) is 0 Å². The van der Waals surface area contributed by atoms with Gasteiger partial charge < -0.3 is 29.4 Å². The van der Waals surface area contributed by atoms with Crippen molar-refractivity contribution in [3.05, 3.63) is 71.8 Å². The first-order chi connectivity index (χ1) is 24.9. The fourth-order valence-corrected chi connectivity index (χ4v) is 7.07. The number of nitrogens with one attached hydrogen (secondary N) is 1. The van der Waals surface area contributed by atoms with Gasteiger partial charge in [-0.15, -0.1) is 0 Å². The topological polar surface area (TPSA) is 158 Å². The van der Waals surface area contributed by atoms with Crippen LogP contribution >= 0.6 is 0 Å². The van der Waals surface area contributed by atoms with Crippen LogP contribution in [-0.4, -0.2) is 76.4 Å². The Bertz CT molecular complexity index is 1620. The molecular weight excluding hydrogens is 680 g/mol. The number of hydrogen-bond donors (Lipinski definition) is 2. The van der Waals surface area contributed by atoms with Gasteiger partial charge in [-0.2, -0.15) is 0 Å². The van der Waals surface area contributed by atoms with Gasteiger partial charge in [0.15, 0.2) is 0 Å². The quantitative estimate of drug-likeness (QED) is 0.240. The Morgan fingerprint density at radius 2 is 1.17 bits per heavy atom. The van der Waals surface area contributed by atoms with Gasteiger partial charge in [0, 0.05) is 13.1 Å². The molecule has 2 N–H and O–H groups in total. The monoisotopic (exact) mass is 734 g/mol. The minimum atomic E-state index is -1.11. The molecule has 288 valence electrons. The Balaban J connectivity index is 0.000000252. The van der Waals surface area contributed by atoms with Gasteiger partial charge in [0.25, 0.3) is 0 Å². The summed E-state index contributed by atoms with van der Waals surface area (Å²) in [7, 11) is 0. The molecule has 2 aromatic carbocycles. The molecule has 6 rings (SSSR count). The molecule has 0 bridgehead atoms. The lowest BCUT2D eigenvalue weighted by molar-refractivity contribution is -0.173. The Morgan fingerprint density at radius 3 is 1.64 bits per heavy atom. The lowest BCUT2D eigenvalue weighted by atomic mass is 9.81. The summed E-state index contributed by atoms with van der Waals surface area (Å²) in [5, 5.41) is 12.2. The molecule has 2 heterocycles. The van der Waals surface area contributed by atoms with Crippen LogP contribution < -0.4 is 5.32 Å². The Kier molecular flexibility index (Phi) is 11.9. The molecule has 0 unspecified atom stereocenters. The first-order valence-corrected chi connectivity index (χ1v) is 18.5.